The highest BCUT2D eigenvalue weighted by atomic mass is 19.1. The Hall–Kier alpha value is -0.890. The summed E-state index contributed by atoms with van der Waals surface area (Å²) in [5.41, 5.74) is 9.08. The Morgan fingerprint density at radius 1 is 1.06 bits per heavy atom. The van der Waals surface area contributed by atoms with Crippen LogP contribution in [0.4, 0.5) is 4.39 Å². The summed E-state index contributed by atoms with van der Waals surface area (Å²) in [5.74, 6) is -0.130. The summed E-state index contributed by atoms with van der Waals surface area (Å²) in [6.07, 6.45) is 3.88. The molecule has 18 heavy (non-hydrogen) atoms. The molecular weight excluding hydrogens is 225 g/mol. The van der Waals surface area contributed by atoms with Crippen LogP contribution in [0.1, 0.15) is 56.2 Å². The van der Waals surface area contributed by atoms with E-state index in [0.717, 1.165) is 42.4 Å². The van der Waals surface area contributed by atoms with Crippen molar-refractivity contribution in [3.8, 4) is 0 Å². The molecule has 0 spiro atoms. The van der Waals surface area contributed by atoms with Crippen molar-refractivity contribution in [1.82, 2.24) is 0 Å². The first-order valence-corrected chi connectivity index (χ1v) is 6.80. The van der Waals surface area contributed by atoms with Crippen LogP contribution in [0, 0.1) is 25.1 Å². The fourth-order valence-electron chi connectivity index (χ4n) is 3.17. The van der Waals surface area contributed by atoms with Crippen molar-refractivity contribution in [3.63, 3.8) is 0 Å². The van der Waals surface area contributed by atoms with Gasteiger partial charge in [-0.1, -0.05) is 19.9 Å². The fourth-order valence-corrected chi connectivity index (χ4v) is 3.17. The van der Waals surface area contributed by atoms with Crippen molar-refractivity contribution in [1.29, 1.82) is 0 Å². The highest BCUT2D eigenvalue weighted by Crippen LogP contribution is 2.45. The van der Waals surface area contributed by atoms with Gasteiger partial charge < -0.3 is 5.73 Å². The van der Waals surface area contributed by atoms with Crippen LogP contribution in [0.2, 0.25) is 0 Å². The zero-order valence-corrected chi connectivity index (χ0v) is 11.9. The van der Waals surface area contributed by atoms with Gasteiger partial charge in [0.05, 0.1) is 0 Å². The molecule has 1 aliphatic rings. The minimum Gasteiger partial charge on any atom is -0.321 e. The SMILES string of the molecule is Cc1cc(C)c(C2(N)CCC(C)(C)CC2)c(F)c1. The van der Waals surface area contributed by atoms with Crippen molar-refractivity contribution in [2.24, 2.45) is 11.1 Å². The van der Waals surface area contributed by atoms with E-state index < -0.39 is 5.54 Å². The molecule has 0 atom stereocenters. The van der Waals surface area contributed by atoms with Crippen molar-refractivity contribution in [2.75, 3.05) is 0 Å². The summed E-state index contributed by atoms with van der Waals surface area (Å²) in [6.45, 7) is 8.43. The Morgan fingerprint density at radius 2 is 1.61 bits per heavy atom. The molecule has 0 amide bonds. The second-order valence-corrected chi connectivity index (χ2v) is 6.76. The molecule has 2 N–H and O–H groups in total. The van der Waals surface area contributed by atoms with Gasteiger partial charge in [-0.15, -0.1) is 0 Å². The minimum atomic E-state index is -0.475. The molecule has 2 rings (SSSR count). The van der Waals surface area contributed by atoms with Gasteiger partial charge in [0.25, 0.3) is 0 Å². The maximum Gasteiger partial charge on any atom is 0.128 e. The van der Waals surface area contributed by atoms with Gasteiger partial charge >= 0.3 is 0 Å². The monoisotopic (exact) mass is 249 g/mol. The van der Waals surface area contributed by atoms with E-state index >= 15 is 0 Å². The van der Waals surface area contributed by atoms with E-state index in [4.69, 9.17) is 5.73 Å². The second-order valence-electron chi connectivity index (χ2n) is 6.76. The van der Waals surface area contributed by atoms with E-state index in [1.807, 2.05) is 19.9 Å². The van der Waals surface area contributed by atoms with E-state index in [1.54, 1.807) is 6.07 Å². The second kappa shape index (κ2) is 4.34. The van der Waals surface area contributed by atoms with E-state index in [9.17, 15) is 4.39 Å². The Morgan fingerprint density at radius 3 is 2.11 bits per heavy atom. The number of aryl methyl sites for hydroxylation is 2. The smallest absolute Gasteiger partial charge is 0.128 e. The number of benzene rings is 1. The maximum absolute atomic E-state index is 14.3. The normalized spacial score (nSPS) is 21.9. The lowest BCUT2D eigenvalue weighted by atomic mass is 9.66. The first-order valence-electron chi connectivity index (χ1n) is 6.80. The third-order valence-electron chi connectivity index (χ3n) is 4.43. The molecule has 1 saturated carbocycles. The lowest BCUT2D eigenvalue weighted by Gasteiger charge is -2.42. The Labute approximate surface area is 110 Å². The van der Waals surface area contributed by atoms with Crippen molar-refractivity contribution in [3.05, 3.63) is 34.6 Å². The number of hydrogen-bond acceptors (Lipinski definition) is 1. The number of rotatable bonds is 1. The molecule has 0 aliphatic heterocycles. The number of nitrogens with two attached hydrogens (primary N) is 1. The fraction of sp³-hybridized carbons (Fsp3) is 0.625. The molecule has 0 unspecified atom stereocenters. The molecule has 1 aliphatic carbocycles. The summed E-state index contributed by atoms with van der Waals surface area (Å²) in [6, 6.07) is 3.64. The predicted molar refractivity (Wildman–Crippen MR) is 74.0 cm³/mol. The molecule has 0 saturated heterocycles. The average molecular weight is 249 g/mol. The van der Waals surface area contributed by atoms with Crippen molar-refractivity contribution in [2.45, 2.75) is 58.9 Å². The quantitative estimate of drug-likeness (QED) is 0.793. The highest BCUT2D eigenvalue weighted by molar-refractivity contribution is 5.37. The zero-order chi connectivity index (χ0) is 13.6. The molecular formula is C16H24FN. The predicted octanol–water partition coefficient (Wildman–Crippen LogP) is 4.20. The van der Waals surface area contributed by atoms with Gasteiger partial charge in [0.2, 0.25) is 0 Å². The van der Waals surface area contributed by atoms with Crippen LogP contribution in [0.5, 0.6) is 0 Å². The van der Waals surface area contributed by atoms with E-state index in [2.05, 4.69) is 13.8 Å². The molecule has 1 aromatic rings. The van der Waals surface area contributed by atoms with Crippen LogP contribution in [0.15, 0.2) is 12.1 Å². The summed E-state index contributed by atoms with van der Waals surface area (Å²) in [7, 11) is 0. The minimum absolute atomic E-state index is 0.130. The Kier molecular flexibility index (Phi) is 3.26. The van der Waals surface area contributed by atoms with Gasteiger partial charge in [0.1, 0.15) is 5.82 Å². The average Bonchev–Trinajstić information content (AvgIpc) is 2.22. The molecule has 1 fully saturated rings. The molecule has 0 heterocycles. The van der Waals surface area contributed by atoms with Crippen molar-refractivity contribution >= 4 is 0 Å². The molecule has 1 nitrogen and oxygen atoms in total. The maximum atomic E-state index is 14.3. The molecule has 0 aromatic heterocycles. The summed E-state index contributed by atoms with van der Waals surface area (Å²) in [5, 5.41) is 0. The van der Waals surface area contributed by atoms with Crippen LogP contribution in [0.3, 0.4) is 0 Å². The zero-order valence-electron chi connectivity index (χ0n) is 11.9. The first kappa shape index (κ1) is 13.5. The molecule has 0 radical (unpaired) electrons. The largest absolute Gasteiger partial charge is 0.321 e. The Bertz CT molecular complexity index is 429. The number of halogens is 1. The van der Waals surface area contributed by atoms with Crippen LogP contribution in [0.25, 0.3) is 0 Å². The van der Waals surface area contributed by atoms with Crippen LogP contribution < -0.4 is 5.73 Å². The highest BCUT2D eigenvalue weighted by Gasteiger charge is 2.38. The van der Waals surface area contributed by atoms with Crippen molar-refractivity contribution < 1.29 is 4.39 Å². The van der Waals surface area contributed by atoms with Crippen LogP contribution in [-0.2, 0) is 5.54 Å². The van der Waals surface area contributed by atoms with E-state index in [-0.39, 0.29) is 5.82 Å². The summed E-state index contributed by atoms with van der Waals surface area (Å²) in [4.78, 5) is 0. The first-order chi connectivity index (χ1) is 8.23. The lowest BCUT2D eigenvalue weighted by Crippen LogP contribution is -2.43. The third-order valence-corrected chi connectivity index (χ3v) is 4.43. The lowest BCUT2D eigenvalue weighted by molar-refractivity contribution is 0.162. The molecule has 0 bridgehead atoms. The van der Waals surface area contributed by atoms with Gasteiger partial charge in [-0.2, -0.15) is 0 Å². The Balaban J connectivity index is 2.37. The summed E-state index contributed by atoms with van der Waals surface area (Å²) < 4.78 is 14.3. The van der Waals surface area contributed by atoms with Gasteiger partial charge in [0.15, 0.2) is 0 Å². The van der Waals surface area contributed by atoms with Gasteiger partial charge in [-0.05, 0) is 62.1 Å². The van der Waals surface area contributed by atoms with E-state index in [0.29, 0.717) is 5.41 Å². The van der Waals surface area contributed by atoms with Gasteiger partial charge in [0, 0.05) is 11.1 Å². The van der Waals surface area contributed by atoms with Gasteiger partial charge in [-0.3, -0.25) is 0 Å². The van der Waals surface area contributed by atoms with E-state index in [1.165, 1.54) is 0 Å². The molecule has 1 aromatic carbocycles. The molecule has 2 heteroatoms. The molecule has 100 valence electrons. The third kappa shape index (κ3) is 2.44. The summed E-state index contributed by atoms with van der Waals surface area (Å²) >= 11 is 0. The topological polar surface area (TPSA) is 26.0 Å². The standard InChI is InChI=1S/C16H24FN/c1-11-9-12(2)14(13(17)10-11)16(18)7-5-15(3,4)6-8-16/h9-10H,5-8,18H2,1-4H3. The van der Waals surface area contributed by atoms with Crippen LogP contribution in [-0.4, -0.2) is 0 Å². The van der Waals surface area contributed by atoms with Gasteiger partial charge in [-0.25, -0.2) is 4.39 Å². The number of hydrogen-bond donors (Lipinski definition) is 1. The van der Waals surface area contributed by atoms with Crippen LogP contribution >= 0.6 is 0 Å².